The number of rotatable bonds is 8. The Bertz CT molecular complexity index is 2610. The molecule has 8 N–H and O–H groups in total. The number of hydrogen-bond acceptors (Lipinski definition) is 14. The molecule has 0 fully saturated rings. The van der Waals surface area contributed by atoms with Gasteiger partial charge in [0.2, 0.25) is 31.8 Å². The van der Waals surface area contributed by atoms with E-state index in [9.17, 15) is 37.3 Å². The van der Waals surface area contributed by atoms with Crippen molar-refractivity contribution >= 4 is 89.2 Å². The molecule has 0 aliphatic heterocycles. The van der Waals surface area contributed by atoms with Crippen LogP contribution in [0.5, 0.6) is 23.3 Å². The summed E-state index contributed by atoms with van der Waals surface area (Å²) in [5.41, 5.74) is 0.954. The van der Waals surface area contributed by atoms with Crippen LogP contribution in [0.1, 0.15) is 11.4 Å². The van der Waals surface area contributed by atoms with Gasteiger partial charge in [0.1, 0.15) is 22.9 Å². The number of halogens is 4. The van der Waals surface area contributed by atoms with E-state index in [4.69, 9.17) is 56.7 Å². The van der Waals surface area contributed by atoms with Crippen LogP contribution < -0.4 is 10.3 Å². The fourth-order valence-corrected chi connectivity index (χ4v) is 6.40. The molecule has 0 aliphatic rings. The summed E-state index contributed by atoms with van der Waals surface area (Å²) in [6.07, 6.45) is 0. The van der Waals surface area contributed by atoms with Gasteiger partial charge in [-0.3, -0.25) is 0 Å². The first-order chi connectivity index (χ1) is 26.1. The second-order valence-corrected chi connectivity index (χ2v) is 16.1. The van der Waals surface area contributed by atoms with Gasteiger partial charge in [0.15, 0.2) is 11.4 Å². The summed E-state index contributed by atoms with van der Waals surface area (Å²) < 4.78 is 48.1. The zero-order valence-electron chi connectivity index (χ0n) is 28.7. The Labute approximate surface area is 353 Å². The molecule has 0 amide bonds. The number of phenols is 2. The van der Waals surface area contributed by atoms with Crippen LogP contribution in [0.3, 0.4) is 0 Å². The van der Waals surface area contributed by atoms with Gasteiger partial charge in [-0.25, -0.2) is 27.1 Å². The van der Waals surface area contributed by atoms with Crippen LogP contribution in [0.2, 0.25) is 20.1 Å². The quantitative estimate of drug-likeness (QED) is 0.0801. The maximum atomic E-state index is 11.4. The summed E-state index contributed by atoms with van der Waals surface area (Å²) in [5, 5.41) is 75.9. The van der Waals surface area contributed by atoms with E-state index in [1.807, 2.05) is 0 Å². The van der Waals surface area contributed by atoms with Crippen LogP contribution in [0.15, 0.2) is 103 Å². The summed E-state index contributed by atoms with van der Waals surface area (Å²) in [7, 11) is -7.98. The minimum absolute atomic E-state index is 0. The van der Waals surface area contributed by atoms with Crippen molar-refractivity contribution < 1.29 is 54.0 Å². The molecule has 2 aromatic heterocycles. The number of aryl methyl sites for hydroxylation is 2. The van der Waals surface area contributed by atoms with E-state index in [0.717, 1.165) is 45.8 Å². The number of phenolic OH excluding ortho intramolecular Hbond substituents is 2. The van der Waals surface area contributed by atoms with Gasteiger partial charge in [0.05, 0.1) is 42.6 Å². The van der Waals surface area contributed by atoms with Gasteiger partial charge in [-0.2, -0.15) is 19.6 Å². The first-order valence-electron chi connectivity index (χ1n) is 15.2. The van der Waals surface area contributed by atoms with E-state index in [0.29, 0.717) is 42.9 Å². The van der Waals surface area contributed by atoms with Crippen molar-refractivity contribution in [3.05, 3.63) is 104 Å². The predicted molar refractivity (Wildman–Crippen MR) is 207 cm³/mol. The van der Waals surface area contributed by atoms with Gasteiger partial charge < -0.3 is 20.4 Å². The third-order valence-electron chi connectivity index (χ3n) is 7.35. The van der Waals surface area contributed by atoms with Gasteiger partial charge in [-0.1, -0.05) is 46.4 Å². The summed E-state index contributed by atoms with van der Waals surface area (Å²) in [6.45, 7) is 3.15. The first-order valence-corrected chi connectivity index (χ1v) is 19.8. The van der Waals surface area contributed by atoms with Gasteiger partial charge in [-0.05, 0) is 86.6 Å². The summed E-state index contributed by atoms with van der Waals surface area (Å²) >= 11 is 24.2. The minimum Gasteiger partial charge on any atom is -0.506 e. The number of sulfonamides is 2. The molecule has 0 unspecified atom stereocenters. The fourth-order valence-electron chi connectivity index (χ4n) is 4.61. The van der Waals surface area contributed by atoms with E-state index in [2.05, 4.69) is 30.7 Å². The number of hydrogen-bond donors (Lipinski definition) is 6. The molecular weight excluding hydrogens is 917 g/mol. The van der Waals surface area contributed by atoms with E-state index >= 15 is 0 Å². The second kappa shape index (κ2) is 17.8. The number of nitrogens with zero attached hydrogens (tertiary/aromatic N) is 8. The zero-order valence-corrected chi connectivity index (χ0v) is 34.4. The van der Waals surface area contributed by atoms with Crippen molar-refractivity contribution in [3.8, 4) is 34.6 Å². The topological polar surface area (TPSA) is 286 Å². The van der Waals surface area contributed by atoms with Crippen LogP contribution in [0.25, 0.3) is 11.4 Å². The summed E-state index contributed by atoms with van der Waals surface area (Å²) in [4.78, 5) is -0.497. The van der Waals surface area contributed by atoms with Crippen LogP contribution in [0.4, 0.5) is 22.7 Å². The molecule has 0 atom stereocenters. The zero-order chi connectivity index (χ0) is 41.3. The Morgan fingerprint density at radius 3 is 1.25 bits per heavy atom. The largest absolute Gasteiger partial charge is 0.506 e. The maximum absolute atomic E-state index is 11.4. The Morgan fingerprint density at radius 2 is 0.912 bits per heavy atom. The smallest absolute Gasteiger partial charge is 0.243 e. The minimum atomic E-state index is -3.99. The first kappa shape index (κ1) is 44.9. The molecule has 25 heteroatoms. The summed E-state index contributed by atoms with van der Waals surface area (Å²) in [5.74, 6) is -1.38. The standard InChI is InChI=1S/2C16H13Cl2N5O4S.Co/c2*1-8-15(16(25)23(22-8)13-6-9(17)2-4-11(13)18)21-20-12-7-10(28(19,26)27)3-5-14(12)24;/h2*2-7,24-25H,1H3,(H2,19,26,27);. The average Bonchev–Trinajstić information content (AvgIpc) is 3.56. The molecule has 0 aliphatic carbocycles. The third-order valence-corrected chi connectivity index (χ3v) is 10.3. The molecule has 0 saturated heterocycles. The third kappa shape index (κ3) is 10.4. The monoisotopic (exact) mass is 941 g/mol. The number of aromatic hydroxyl groups is 4. The Morgan fingerprint density at radius 1 is 0.561 bits per heavy atom. The fraction of sp³-hybridized carbons (Fsp3) is 0.0625. The van der Waals surface area contributed by atoms with Crippen molar-refractivity contribution in [1.29, 1.82) is 0 Å². The number of aromatic nitrogens is 4. The summed E-state index contributed by atoms with van der Waals surface area (Å²) in [6, 6.07) is 15.9. The number of nitrogens with two attached hydrogens (primary N) is 2. The van der Waals surface area contributed by atoms with Crippen molar-refractivity contribution in [2.75, 3.05) is 0 Å². The average molecular weight is 944 g/mol. The Balaban J connectivity index is 0.000000248. The molecule has 1 radical (unpaired) electrons. The normalized spacial score (nSPS) is 11.8. The van der Waals surface area contributed by atoms with E-state index in [-0.39, 0.29) is 72.6 Å². The van der Waals surface area contributed by atoms with Crippen molar-refractivity contribution in [2.45, 2.75) is 23.6 Å². The SMILES string of the molecule is Cc1nn(-c2cc(Cl)ccc2Cl)c(O)c1N=Nc1cc(S(N)(=O)=O)ccc1O.Cc1nn(-c2cc(Cl)ccc2Cl)c(O)c1N=Nc1cc(S(N)(=O)=O)ccc1O.[Co]. The van der Waals surface area contributed by atoms with Crippen molar-refractivity contribution in [3.63, 3.8) is 0 Å². The second-order valence-electron chi connectivity index (χ2n) is 11.3. The molecule has 4 aromatic carbocycles. The Kier molecular flexibility index (Phi) is 14.0. The molecular formula is C32H26Cl4CoN10O8S2. The van der Waals surface area contributed by atoms with E-state index < -0.39 is 20.0 Å². The van der Waals surface area contributed by atoms with Gasteiger partial charge in [0.25, 0.3) is 0 Å². The van der Waals surface area contributed by atoms with Crippen LogP contribution >= 0.6 is 46.4 Å². The molecule has 301 valence electrons. The molecule has 6 rings (SSSR count). The van der Waals surface area contributed by atoms with Crippen molar-refractivity contribution in [2.24, 2.45) is 30.7 Å². The molecule has 57 heavy (non-hydrogen) atoms. The van der Waals surface area contributed by atoms with E-state index in [1.165, 1.54) is 12.1 Å². The van der Waals surface area contributed by atoms with E-state index in [1.54, 1.807) is 38.1 Å². The molecule has 18 nitrogen and oxygen atoms in total. The number of benzene rings is 4. The maximum Gasteiger partial charge on any atom is 0.243 e. The molecule has 0 saturated carbocycles. The number of primary sulfonamides is 2. The van der Waals surface area contributed by atoms with Crippen molar-refractivity contribution in [1.82, 2.24) is 19.6 Å². The molecule has 0 spiro atoms. The van der Waals surface area contributed by atoms with Crippen LogP contribution in [-0.2, 0) is 36.8 Å². The van der Waals surface area contributed by atoms with Crippen LogP contribution in [-0.4, -0.2) is 56.8 Å². The molecule has 6 aromatic rings. The van der Waals surface area contributed by atoms with Gasteiger partial charge in [-0.15, -0.1) is 20.5 Å². The Hall–Kier alpha value is -4.81. The molecule has 0 bridgehead atoms. The van der Waals surface area contributed by atoms with Gasteiger partial charge in [0, 0.05) is 26.8 Å². The number of azo groups is 2. The van der Waals surface area contributed by atoms with Crippen LogP contribution in [0, 0.1) is 13.8 Å². The predicted octanol–water partition coefficient (Wildman–Crippen LogP) is 7.92. The molecule has 2 heterocycles. The van der Waals surface area contributed by atoms with Gasteiger partial charge >= 0.3 is 0 Å².